The highest BCUT2D eigenvalue weighted by Crippen LogP contribution is 2.13. The van der Waals surface area contributed by atoms with Gasteiger partial charge < -0.3 is 15.4 Å². The molecule has 2 N–H and O–H groups in total. The molecule has 2 aromatic rings. The van der Waals surface area contributed by atoms with E-state index in [1.54, 1.807) is 25.4 Å². The van der Waals surface area contributed by atoms with E-state index in [0.717, 1.165) is 13.0 Å². The standard InChI is InChI=1S/C19H25FN4O/c1-14-12-22-9-7-16(14)8-10-23-19(21-3)24-13-15(2)25-18-6-4-5-17(20)11-18/h4-7,9,11-12,15H,8,10,13H2,1-3H3,(H2,21,23,24). The number of benzene rings is 1. The molecule has 1 aromatic heterocycles. The number of nitrogens with one attached hydrogen (secondary N) is 2. The second-order valence-electron chi connectivity index (χ2n) is 5.82. The molecule has 0 bridgehead atoms. The molecule has 0 aliphatic heterocycles. The fourth-order valence-electron chi connectivity index (χ4n) is 2.37. The summed E-state index contributed by atoms with van der Waals surface area (Å²) >= 11 is 0. The third-order valence-electron chi connectivity index (χ3n) is 3.74. The van der Waals surface area contributed by atoms with Crippen molar-refractivity contribution in [1.29, 1.82) is 0 Å². The predicted molar refractivity (Wildman–Crippen MR) is 98.5 cm³/mol. The van der Waals surface area contributed by atoms with Gasteiger partial charge in [-0.15, -0.1) is 0 Å². The highest BCUT2D eigenvalue weighted by molar-refractivity contribution is 5.79. The number of hydrogen-bond acceptors (Lipinski definition) is 3. The molecule has 25 heavy (non-hydrogen) atoms. The molecule has 5 nitrogen and oxygen atoms in total. The van der Waals surface area contributed by atoms with Gasteiger partial charge in [-0.1, -0.05) is 6.07 Å². The lowest BCUT2D eigenvalue weighted by atomic mass is 10.1. The highest BCUT2D eigenvalue weighted by atomic mass is 19.1. The van der Waals surface area contributed by atoms with E-state index in [9.17, 15) is 4.39 Å². The molecule has 0 radical (unpaired) electrons. The second kappa shape index (κ2) is 9.61. The third-order valence-corrected chi connectivity index (χ3v) is 3.74. The number of hydrogen-bond donors (Lipinski definition) is 2. The largest absolute Gasteiger partial charge is 0.489 e. The first kappa shape index (κ1) is 18.7. The number of guanidine groups is 1. The summed E-state index contributed by atoms with van der Waals surface area (Å²) < 4.78 is 18.9. The van der Waals surface area contributed by atoms with Crippen molar-refractivity contribution >= 4 is 5.96 Å². The summed E-state index contributed by atoms with van der Waals surface area (Å²) in [6, 6.07) is 8.17. The molecule has 1 heterocycles. The average molecular weight is 344 g/mol. The molecule has 0 amide bonds. The zero-order chi connectivity index (χ0) is 18.1. The van der Waals surface area contributed by atoms with Gasteiger partial charge in [0, 0.05) is 32.1 Å². The van der Waals surface area contributed by atoms with Gasteiger partial charge in [0.1, 0.15) is 17.7 Å². The second-order valence-corrected chi connectivity index (χ2v) is 5.82. The van der Waals surface area contributed by atoms with Gasteiger partial charge in [-0.3, -0.25) is 9.98 Å². The predicted octanol–water partition coefficient (Wildman–Crippen LogP) is 2.70. The third kappa shape index (κ3) is 6.41. The Bertz CT molecular complexity index is 705. The Morgan fingerprint density at radius 3 is 2.88 bits per heavy atom. The summed E-state index contributed by atoms with van der Waals surface area (Å²) in [5.41, 5.74) is 2.45. The van der Waals surface area contributed by atoms with Crippen molar-refractivity contribution in [3.8, 4) is 5.75 Å². The van der Waals surface area contributed by atoms with E-state index in [-0.39, 0.29) is 11.9 Å². The van der Waals surface area contributed by atoms with E-state index in [1.807, 2.05) is 19.2 Å². The van der Waals surface area contributed by atoms with Crippen molar-refractivity contribution in [2.24, 2.45) is 4.99 Å². The van der Waals surface area contributed by atoms with Crippen LogP contribution < -0.4 is 15.4 Å². The summed E-state index contributed by atoms with van der Waals surface area (Å²) in [6.45, 7) is 5.31. The molecule has 0 saturated carbocycles. The van der Waals surface area contributed by atoms with Crippen LogP contribution in [0.2, 0.25) is 0 Å². The Kier molecular flexibility index (Phi) is 7.19. The van der Waals surface area contributed by atoms with Gasteiger partial charge in [-0.05, 0) is 49.6 Å². The number of rotatable bonds is 7. The SMILES string of the molecule is CN=C(NCCc1ccncc1C)NCC(C)Oc1cccc(F)c1. The molecule has 1 unspecified atom stereocenters. The number of aromatic nitrogens is 1. The number of aryl methyl sites for hydroxylation is 1. The summed E-state index contributed by atoms with van der Waals surface area (Å²) in [5, 5.41) is 6.49. The van der Waals surface area contributed by atoms with Crippen LogP contribution in [0.4, 0.5) is 4.39 Å². The fraction of sp³-hybridized carbons (Fsp3) is 0.368. The maximum atomic E-state index is 13.2. The van der Waals surface area contributed by atoms with Crippen LogP contribution in [0.1, 0.15) is 18.1 Å². The van der Waals surface area contributed by atoms with Crippen LogP contribution in [0.5, 0.6) is 5.75 Å². The Balaban J connectivity index is 1.73. The Morgan fingerprint density at radius 2 is 2.16 bits per heavy atom. The molecule has 0 fully saturated rings. The number of aliphatic imine (C=N–C) groups is 1. The van der Waals surface area contributed by atoms with Crippen LogP contribution in [0.15, 0.2) is 47.7 Å². The average Bonchev–Trinajstić information content (AvgIpc) is 2.59. The number of ether oxygens (including phenoxy) is 1. The minimum Gasteiger partial charge on any atom is -0.489 e. The van der Waals surface area contributed by atoms with Crippen LogP contribution in [-0.4, -0.2) is 37.2 Å². The first-order chi connectivity index (χ1) is 12.1. The van der Waals surface area contributed by atoms with Crippen LogP contribution in [0.3, 0.4) is 0 Å². The minimum absolute atomic E-state index is 0.122. The molecule has 1 aromatic carbocycles. The molecule has 0 aliphatic carbocycles. The first-order valence-electron chi connectivity index (χ1n) is 8.34. The molecular weight excluding hydrogens is 319 g/mol. The van der Waals surface area contributed by atoms with Gasteiger partial charge in [-0.25, -0.2) is 4.39 Å². The Hall–Kier alpha value is -2.63. The van der Waals surface area contributed by atoms with Crippen molar-refractivity contribution < 1.29 is 9.13 Å². The fourth-order valence-corrected chi connectivity index (χ4v) is 2.37. The van der Waals surface area contributed by atoms with E-state index in [2.05, 4.69) is 27.5 Å². The van der Waals surface area contributed by atoms with Gasteiger partial charge in [0.25, 0.3) is 0 Å². The summed E-state index contributed by atoms with van der Waals surface area (Å²) in [6.07, 6.45) is 4.45. The van der Waals surface area contributed by atoms with E-state index in [4.69, 9.17) is 4.74 Å². The summed E-state index contributed by atoms with van der Waals surface area (Å²) in [4.78, 5) is 8.30. The van der Waals surface area contributed by atoms with Crippen LogP contribution in [0, 0.1) is 12.7 Å². The Morgan fingerprint density at radius 1 is 1.32 bits per heavy atom. The van der Waals surface area contributed by atoms with Gasteiger partial charge in [0.15, 0.2) is 5.96 Å². The minimum atomic E-state index is -0.304. The lowest BCUT2D eigenvalue weighted by molar-refractivity contribution is 0.223. The Labute approximate surface area is 148 Å². The van der Waals surface area contributed by atoms with Crippen LogP contribution in [0.25, 0.3) is 0 Å². The number of pyridine rings is 1. The smallest absolute Gasteiger partial charge is 0.191 e. The topological polar surface area (TPSA) is 58.5 Å². The van der Waals surface area contributed by atoms with Gasteiger partial charge >= 0.3 is 0 Å². The summed E-state index contributed by atoms with van der Waals surface area (Å²) in [5.74, 6) is 0.924. The number of halogens is 1. The van der Waals surface area contributed by atoms with Gasteiger partial charge in [0.05, 0.1) is 6.54 Å². The van der Waals surface area contributed by atoms with E-state index in [1.165, 1.54) is 23.3 Å². The van der Waals surface area contributed by atoms with Crippen molar-refractivity contribution in [3.63, 3.8) is 0 Å². The molecule has 1 atom stereocenters. The van der Waals surface area contributed by atoms with Crippen molar-refractivity contribution in [3.05, 3.63) is 59.7 Å². The monoisotopic (exact) mass is 344 g/mol. The molecule has 6 heteroatoms. The molecule has 0 aliphatic rings. The highest BCUT2D eigenvalue weighted by Gasteiger charge is 2.06. The maximum absolute atomic E-state index is 13.2. The molecule has 134 valence electrons. The first-order valence-corrected chi connectivity index (χ1v) is 8.34. The summed E-state index contributed by atoms with van der Waals surface area (Å²) in [7, 11) is 1.73. The van der Waals surface area contributed by atoms with E-state index < -0.39 is 0 Å². The number of nitrogens with zero attached hydrogens (tertiary/aromatic N) is 2. The van der Waals surface area contributed by atoms with Crippen LogP contribution >= 0.6 is 0 Å². The van der Waals surface area contributed by atoms with Crippen LogP contribution in [-0.2, 0) is 6.42 Å². The lowest BCUT2D eigenvalue weighted by Gasteiger charge is -2.18. The molecule has 0 spiro atoms. The van der Waals surface area contributed by atoms with E-state index >= 15 is 0 Å². The normalized spacial score (nSPS) is 12.6. The zero-order valence-electron chi connectivity index (χ0n) is 14.9. The van der Waals surface area contributed by atoms with E-state index in [0.29, 0.717) is 18.3 Å². The lowest BCUT2D eigenvalue weighted by Crippen LogP contribution is -2.42. The molecule has 2 rings (SSSR count). The zero-order valence-corrected chi connectivity index (χ0v) is 14.9. The van der Waals surface area contributed by atoms with Gasteiger partial charge in [-0.2, -0.15) is 0 Å². The van der Waals surface area contributed by atoms with Crippen molar-refractivity contribution in [2.45, 2.75) is 26.4 Å². The molecule has 0 saturated heterocycles. The van der Waals surface area contributed by atoms with Gasteiger partial charge in [0.2, 0.25) is 0 Å². The van der Waals surface area contributed by atoms with Crippen molar-refractivity contribution in [2.75, 3.05) is 20.1 Å². The quantitative estimate of drug-likeness (QED) is 0.599. The molecular formula is C19H25FN4O. The maximum Gasteiger partial charge on any atom is 0.191 e. The van der Waals surface area contributed by atoms with Crippen molar-refractivity contribution in [1.82, 2.24) is 15.6 Å².